The standard InChI is InChI=1S/C11H7ClF3NO/c1-16-5-7(10(17)11(13,14)15)6-3-2-4-8(12)9(6)16/h2-5H,1H3. The molecule has 1 aromatic heterocycles. The highest BCUT2D eigenvalue weighted by Crippen LogP contribution is 2.31. The van der Waals surface area contributed by atoms with E-state index in [2.05, 4.69) is 0 Å². The van der Waals surface area contributed by atoms with Crippen molar-refractivity contribution in [1.29, 1.82) is 0 Å². The molecule has 1 heterocycles. The Morgan fingerprint density at radius 2 is 2.00 bits per heavy atom. The van der Waals surface area contributed by atoms with Crippen LogP contribution in [0.3, 0.4) is 0 Å². The van der Waals surface area contributed by atoms with Gasteiger partial charge in [0.1, 0.15) is 0 Å². The molecule has 1 aromatic carbocycles. The van der Waals surface area contributed by atoms with Gasteiger partial charge in [-0.1, -0.05) is 23.7 Å². The Bertz CT molecular complexity index is 601. The molecule has 0 unspecified atom stereocenters. The van der Waals surface area contributed by atoms with Gasteiger partial charge in [0.25, 0.3) is 5.78 Å². The number of alkyl halides is 3. The lowest BCUT2D eigenvalue weighted by Gasteiger charge is -2.03. The maximum Gasteiger partial charge on any atom is 0.454 e. The summed E-state index contributed by atoms with van der Waals surface area (Å²) in [4.78, 5) is 11.2. The quantitative estimate of drug-likeness (QED) is 0.719. The lowest BCUT2D eigenvalue weighted by atomic mass is 10.1. The van der Waals surface area contributed by atoms with Gasteiger partial charge < -0.3 is 4.57 Å². The molecule has 0 saturated carbocycles. The fourth-order valence-electron chi connectivity index (χ4n) is 1.75. The van der Waals surface area contributed by atoms with Gasteiger partial charge in [0.15, 0.2) is 0 Å². The topological polar surface area (TPSA) is 22.0 Å². The van der Waals surface area contributed by atoms with Crippen LogP contribution in [0.4, 0.5) is 13.2 Å². The van der Waals surface area contributed by atoms with Gasteiger partial charge >= 0.3 is 6.18 Å². The summed E-state index contributed by atoms with van der Waals surface area (Å²) in [6, 6.07) is 4.52. The van der Waals surface area contributed by atoms with E-state index >= 15 is 0 Å². The molecule has 0 N–H and O–H groups in total. The van der Waals surface area contributed by atoms with E-state index in [9.17, 15) is 18.0 Å². The van der Waals surface area contributed by atoms with Crippen LogP contribution in [0.15, 0.2) is 24.4 Å². The average Bonchev–Trinajstić information content (AvgIpc) is 2.55. The zero-order chi connectivity index (χ0) is 12.8. The lowest BCUT2D eigenvalue weighted by molar-refractivity contribution is -0.0884. The van der Waals surface area contributed by atoms with Crippen LogP contribution in [0.2, 0.25) is 5.02 Å². The molecule has 0 radical (unpaired) electrons. The number of fused-ring (bicyclic) bond motifs is 1. The molecule has 2 nitrogen and oxygen atoms in total. The third kappa shape index (κ3) is 1.91. The molecule has 0 fully saturated rings. The van der Waals surface area contributed by atoms with Crippen LogP contribution >= 0.6 is 11.6 Å². The van der Waals surface area contributed by atoms with Gasteiger partial charge in [-0.15, -0.1) is 0 Å². The van der Waals surface area contributed by atoms with Crippen molar-refractivity contribution >= 4 is 28.3 Å². The number of hydrogen-bond acceptors (Lipinski definition) is 1. The first-order valence-electron chi connectivity index (χ1n) is 4.67. The van der Waals surface area contributed by atoms with Crippen LogP contribution in [0, 0.1) is 0 Å². The molecule has 2 rings (SSSR count). The summed E-state index contributed by atoms with van der Waals surface area (Å²) < 4.78 is 38.6. The molecule has 90 valence electrons. The molecule has 0 aliphatic carbocycles. The van der Waals surface area contributed by atoms with E-state index in [0.717, 1.165) is 6.20 Å². The molecule has 17 heavy (non-hydrogen) atoms. The Morgan fingerprint density at radius 1 is 1.35 bits per heavy atom. The third-order valence-corrected chi connectivity index (χ3v) is 2.76. The molecule has 0 bridgehead atoms. The first-order chi connectivity index (χ1) is 7.82. The molecular formula is C11H7ClF3NO. The number of halogens is 4. The van der Waals surface area contributed by atoms with E-state index in [1.807, 2.05) is 0 Å². The lowest BCUT2D eigenvalue weighted by Crippen LogP contribution is -2.22. The van der Waals surface area contributed by atoms with Crippen molar-refractivity contribution in [1.82, 2.24) is 4.57 Å². The number of aromatic nitrogens is 1. The number of rotatable bonds is 1. The average molecular weight is 262 g/mol. The summed E-state index contributed by atoms with van der Waals surface area (Å²) in [6.07, 6.45) is -3.73. The van der Waals surface area contributed by atoms with E-state index in [4.69, 9.17) is 11.6 Å². The molecular weight excluding hydrogens is 255 g/mol. The van der Waals surface area contributed by atoms with Gasteiger partial charge in [0.2, 0.25) is 0 Å². The van der Waals surface area contributed by atoms with Gasteiger partial charge in [-0.3, -0.25) is 4.79 Å². The predicted octanol–water partition coefficient (Wildman–Crippen LogP) is 3.58. The maximum absolute atomic E-state index is 12.4. The Kier molecular flexibility index (Phi) is 2.66. The van der Waals surface area contributed by atoms with Crippen LogP contribution in [-0.2, 0) is 7.05 Å². The molecule has 0 aliphatic rings. The Hall–Kier alpha value is -1.49. The summed E-state index contributed by atoms with van der Waals surface area (Å²) in [7, 11) is 1.54. The molecule has 0 aliphatic heterocycles. The fourth-order valence-corrected chi connectivity index (χ4v) is 2.06. The molecule has 0 atom stereocenters. The van der Waals surface area contributed by atoms with Crippen LogP contribution in [0.1, 0.15) is 10.4 Å². The van der Waals surface area contributed by atoms with Crippen molar-refractivity contribution < 1.29 is 18.0 Å². The van der Waals surface area contributed by atoms with Crippen LogP contribution < -0.4 is 0 Å². The van der Waals surface area contributed by atoms with E-state index < -0.39 is 12.0 Å². The molecule has 0 spiro atoms. The maximum atomic E-state index is 12.4. The second kappa shape index (κ2) is 3.77. The first kappa shape index (κ1) is 12.0. The van der Waals surface area contributed by atoms with Gasteiger partial charge in [0.05, 0.1) is 16.1 Å². The van der Waals surface area contributed by atoms with Crippen molar-refractivity contribution in [2.75, 3.05) is 0 Å². The summed E-state index contributed by atoms with van der Waals surface area (Å²) >= 11 is 5.88. The van der Waals surface area contributed by atoms with Crippen LogP contribution in [-0.4, -0.2) is 16.5 Å². The van der Waals surface area contributed by atoms with Crippen molar-refractivity contribution in [3.8, 4) is 0 Å². The molecule has 0 amide bonds. The van der Waals surface area contributed by atoms with E-state index in [1.54, 1.807) is 13.1 Å². The van der Waals surface area contributed by atoms with Gasteiger partial charge in [-0.2, -0.15) is 13.2 Å². The highest BCUT2D eigenvalue weighted by atomic mass is 35.5. The largest absolute Gasteiger partial charge is 0.454 e. The number of para-hydroxylation sites is 1. The summed E-state index contributed by atoms with van der Waals surface area (Å²) in [6.45, 7) is 0. The van der Waals surface area contributed by atoms with Crippen molar-refractivity contribution in [2.45, 2.75) is 6.18 Å². The Labute approximate surface area is 99.6 Å². The zero-order valence-electron chi connectivity index (χ0n) is 8.68. The second-order valence-electron chi connectivity index (χ2n) is 3.62. The number of carbonyl (C=O) groups excluding carboxylic acids is 1. The van der Waals surface area contributed by atoms with Gasteiger partial charge in [-0.25, -0.2) is 0 Å². The first-order valence-corrected chi connectivity index (χ1v) is 5.05. The van der Waals surface area contributed by atoms with E-state index in [0.29, 0.717) is 10.5 Å². The number of ketones is 1. The number of Topliss-reactive ketones (excluding diaryl/α,β-unsaturated/α-hetero) is 1. The normalized spacial score (nSPS) is 12.1. The zero-order valence-corrected chi connectivity index (χ0v) is 9.43. The van der Waals surface area contributed by atoms with Crippen molar-refractivity contribution in [3.63, 3.8) is 0 Å². The third-order valence-electron chi connectivity index (χ3n) is 2.45. The molecule has 6 heteroatoms. The van der Waals surface area contributed by atoms with Gasteiger partial charge in [0, 0.05) is 18.6 Å². The smallest absolute Gasteiger partial charge is 0.349 e. The Balaban J connectivity index is 2.73. The summed E-state index contributed by atoms with van der Waals surface area (Å²) in [5, 5.41) is 0.522. The minimum atomic E-state index is -4.88. The molecule has 0 saturated heterocycles. The second-order valence-corrected chi connectivity index (χ2v) is 4.02. The van der Waals surface area contributed by atoms with Crippen molar-refractivity contribution in [2.24, 2.45) is 7.05 Å². The highest BCUT2D eigenvalue weighted by molar-refractivity contribution is 6.35. The minimum Gasteiger partial charge on any atom is -0.349 e. The van der Waals surface area contributed by atoms with Crippen LogP contribution in [0.5, 0.6) is 0 Å². The molecule has 2 aromatic rings. The van der Waals surface area contributed by atoms with E-state index in [1.165, 1.54) is 16.7 Å². The number of aryl methyl sites for hydroxylation is 1. The summed E-state index contributed by atoms with van der Waals surface area (Å²) in [5.41, 5.74) is 0.0410. The summed E-state index contributed by atoms with van der Waals surface area (Å²) in [5.74, 6) is -1.86. The van der Waals surface area contributed by atoms with Crippen LogP contribution in [0.25, 0.3) is 10.9 Å². The number of benzene rings is 1. The minimum absolute atomic E-state index is 0.210. The van der Waals surface area contributed by atoms with Gasteiger partial charge in [-0.05, 0) is 6.07 Å². The monoisotopic (exact) mass is 261 g/mol. The SMILES string of the molecule is Cn1cc(C(=O)C(F)(F)F)c2cccc(Cl)c21. The highest BCUT2D eigenvalue weighted by Gasteiger charge is 2.40. The fraction of sp³-hybridized carbons (Fsp3) is 0.182. The number of carbonyl (C=O) groups is 1. The van der Waals surface area contributed by atoms with Crippen molar-refractivity contribution in [3.05, 3.63) is 35.0 Å². The van der Waals surface area contributed by atoms with E-state index in [-0.39, 0.29) is 10.9 Å². The number of nitrogens with zero attached hydrogens (tertiary/aromatic N) is 1. The number of hydrogen-bond donors (Lipinski definition) is 0. The predicted molar refractivity (Wildman–Crippen MR) is 58.3 cm³/mol. The Morgan fingerprint density at radius 3 is 2.59 bits per heavy atom.